The molecule has 0 aromatic heterocycles. The highest BCUT2D eigenvalue weighted by atomic mass is 19.2. The van der Waals surface area contributed by atoms with Gasteiger partial charge in [-0.05, 0) is 11.8 Å². The van der Waals surface area contributed by atoms with E-state index in [4.69, 9.17) is 23.7 Å². The average molecular weight is 678 g/mol. The molecule has 0 amide bonds. The lowest BCUT2D eigenvalue weighted by molar-refractivity contribution is 0.413. The van der Waals surface area contributed by atoms with Gasteiger partial charge in [0.1, 0.15) is 28.8 Å². The van der Waals surface area contributed by atoms with Crippen molar-refractivity contribution in [3.05, 3.63) is 120 Å². The van der Waals surface area contributed by atoms with Gasteiger partial charge in [-0.25, -0.2) is 64.1 Å². The van der Waals surface area contributed by atoms with Crippen molar-refractivity contribution in [1.29, 1.82) is 21.0 Å². The highest BCUT2D eigenvalue weighted by molar-refractivity contribution is 5.53. The second-order valence-corrected chi connectivity index (χ2v) is 9.96. The van der Waals surface area contributed by atoms with Crippen molar-refractivity contribution in [2.24, 2.45) is 17.8 Å². The van der Waals surface area contributed by atoms with E-state index in [1.165, 1.54) is 0 Å². The Kier molecular flexibility index (Phi) is 9.03. The predicted molar refractivity (Wildman–Crippen MR) is 131 cm³/mol. The van der Waals surface area contributed by atoms with Crippen LogP contribution in [0.1, 0.15) is 45.7 Å². The molecule has 4 rings (SSSR count). The van der Waals surface area contributed by atoms with Gasteiger partial charge in [0.2, 0.25) is 0 Å². The zero-order valence-electron chi connectivity index (χ0n) is 22.7. The summed E-state index contributed by atoms with van der Waals surface area (Å²) in [4.78, 5) is 5.07. The van der Waals surface area contributed by atoms with Gasteiger partial charge in [0, 0.05) is 17.0 Å². The molecule has 0 heterocycles. The van der Waals surface area contributed by atoms with Crippen LogP contribution in [0.3, 0.4) is 0 Å². The van der Waals surface area contributed by atoms with Crippen LogP contribution in [0.15, 0.2) is 0 Å². The summed E-state index contributed by atoms with van der Waals surface area (Å²) in [5.74, 6) is -41.0. The maximum absolute atomic E-state index is 15.1. The Morgan fingerprint density at radius 3 is 1.04 bits per heavy atom. The number of benzene rings is 3. The molecule has 0 aliphatic heterocycles. The first-order valence-corrected chi connectivity index (χ1v) is 12.5. The molecule has 6 atom stereocenters. The lowest BCUT2D eigenvalue weighted by Gasteiger charge is -2.16. The Morgan fingerprint density at radius 1 is 0.458 bits per heavy atom. The third-order valence-electron chi connectivity index (χ3n) is 7.87. The molecule has 0 saturated heterocycles. The topological polar surface area (TPSA) is 104 Å². The van der Waals surface area contributed by atoms with Gasteiger partial charge in [0.05, 0.1) is 30.5 Å². The summed E-state index contributed by atoms with van der Waals surface area (Å²) in [6, 6.07) is 1.19. The zero-order chi connectivity index (χ0) is 36.1. The maximum Gasteiger partial charge on any atom is 0.262 e. The highest BCUT2D eigenvalue weighted by Gasteiger charge is 2.67. The monoisotopic (exact) mass is 678 g/mol. The fourth-order valence-electron chi connectivity index (χ4n) is 5.76. The van der Waals surface area contributed by atoms with Gasteiger partial charge >= 0.3 is 0 Å². The van der Waals surface area contributed by atoms with Gasteiger partial charge in [-0.15, -0.1) is 0 Å². The molecular weight excluding hydrogens is 672 g/mol. The second kappa shape index (κ2) is 12.5. The lowest BCUT2D eigenvalue weighted by atomic mass is 9.87. The summed E-state index contributed by atoms with van der Waals surface area (Å²) in [6.45, 7) is 14.2. The summed E-state index contributed by atoms with van der Waals surface area (Å²) >= 11 is 0. The number of hydrogen-bond donors (Lipinski definition) is 0. The minimum absolute atomic E-state index is 0.806. The van der Waals surface area contributed by atoms with Gasteiger partial charge < -0.3 is 4.85 Å². The van der Waals surface area contributed by atoms with E-state index in [0.29, 0.717) is 0 Å². The molecular formula is C30H6F12N6. The molecule has 6 unspecified atom stereocenters. The third-order valence-corrected chi connectivity index (χ3v) is 7.87. The summed E-state index contributed by atoms with van der Waals surface area (Å²) < 4.78 is 178. The molecule has 18 heteroatoms. The van der Waals surface area contributed by atoms with Crippen molar-refractivity contribution in [1.82, 2.24) is 0 Å². The lowest BCUT2D eigenvalue weighted by Crippen LogP contribution is -2.15. The smallest absolute Gasteiger partial charge is 0.262 e. The predicted octanol–water partition coefficient (Wildman–Crippen LogP) is 8.09. The number of hydrogen-bond acceptors (Lipinski definition) is 4. The van der Waals surface area contributed by atoms with Crippen molar-refractivity contribution in [3.63, 3.8) is 0 Å². The molecule has 0 N–H and O–H groups in total. The Morgan fingerprint density at radius 2 is 0.771 bits per heavy atom. The van der Waals surface area contributed by atoms with Crippen molar-refractivity contribution in [2.45, 2.75) is 17.9 Å². The maximum atomic E-state index is 15.1. The Hall–Kier alpha value is -6.24. The van der Waals surface area contributed by atoms with Crippen LogP contribution in [0.5, 0.6) is 0 Å². The Balaban J connectivity index is 2.08. The van der Waals surface area contributed by atoms with E-state index in [9.17, 15) is 36.9 Å². The molecule has 3 aromatic rings. The first-order valence-electron chi connectivity index (χ1n) is 12.5. The Labute approximate surface area is 260 Å². The van der Waals surface area contributed by atoms with Crippen LogP contribution in [-0.4, -0.2) is 0 Å². The van der Waals surface area contributed by atoms with Gasteiger partial charge in [-0.3, -0.25) is 0 Å². The van der Waals surface area contributed by atoms with Crippen molar-refractivity contribution in [2.75, 3.05) is 0 Å². The fraction of sp³-hybridized carbons (Fsp3) is 0.200. The van der Waals surface area contributed by atoms with E-state index in [-0.39, 0.29) is 0 Å². The van der Waals surface area contributed by atoms with E-state index in [2.05, 4.69) is 9.69 Å². The molecule has 6 nitrogen and oxygen atoms in total. The standard InChI is InChI=1S/C30H6F12N6/c1-47-29(16-25(39)19(33)10(6-46)20(34)26(16)40)15-11(7(3-43)13-21(35)17(31)9(5-45)18(32)22(13)36)12(15)8(4-44)14-23(37)27(41)30(48-2)28(42)24(14)38/h7-8,11-12,15,29H. The van der Waals surface area contributed by atoms with Crippen LogP contribution in [0, 0.1) is 146 Å². The average Bonchev–Trinajstić information content (AvgIpc) is 3.78. The quantitative estimate of drug-likeness (QED) is 0.149. The van der Waals surface area contributed by atoms with E-state index >= 15 is 26.3 Å². The van der Waals surface area contributed by atoms with E-state index in [0.717, 1.165) is 24.3 Å². The summed E-state index contributed by atoms with van der Waals surface area (Å²) in [5, 5.41) is 37.6. The van der Waals surface area contributed by atoms with E-state index < -0.39 is 139 Å². The summed E-state index contributed by atoms with van der Waals surface area (Å²) in [5.41, 5.74) is -11.1. The van der Waals surface area contributed by atoms with Crippen LogP contribution < -0.4 is 0 Å². The van der Waals surface area contributed by atoms with Gasteiger partial charge in [0.15, 0.2) is 69.8 Å². The molecule has 3 aromatic carbocycles. The molecule has 1 aliphatic rings. The molecule has 1 aliphatic carbocycles. The number of halogens is 12. The minimum atomic E-state index is -2.73. The first kappa shape index (κ1) is 34.6. The van der Waals surface area contributed by atoms with Gasteiger partial charge in [-0.1, -0.05) is 0 Å². The summed E-state index contributed by atoms with van der Waals surface area (Å²) in [7, 11) is 0. The van der Waals surface area contributed by atoms with Crippen LogP contribution >= 0.6 is 0 Å². The molecule has 0 radical (unpaired) electrons. The van der Waals surface area contributed by atoms with Crippen molar-refractivity contribution < 1.29 is 52.7 Å². The van der Waals surface area contributed by atoms with Crippen LogP contribution in [0.4, 0.5) is 58.4 Å². The first-order chi connectivity index (χ1) is 22.6. The van der Waals surface area contributed by atoms with E-state index in [1.54, 1.807) is 0 Å². The zero-order valence-corrected chi connectivity index (χ0v) is 22.7. The largest absolute Gasteiger partial charge is 0.308 e. The van der Waals surface area contributed by atoms with Gasteiger partial charge in [-0.2, -0.15) is 21.0 Å². The molecule has 1 fully saturated rings. The fourth-order valence-corrected chi connectivity index (χ4v) is 5.76. The molecule has 0 bridgehead atoms. The van der Waals surface area contributed by atoms with Crippen molar-refractivity contribution in [3.8, 4) is 24.3 Å². The van der Waals surface area contributed by atoms with Gasteiger partial charge in [0.25, 0.3) is 11.7 Å². The van der Waals surface area contributed by atoms with E-state index in [1.807, 2.05) is 0 Å². The highest BCUT2D eigenvalue weighted by Crippen LogP contribution is 2.66. The van der Waals surface area contributed by atoms with Crippen LogP contribution in [-0.2, 0) is 0 Å². The second-order valence-electron chi connectivity index (χ2n) is 9.96. The molecule has 1 saturated carbocycles. The SMILES string of the molecule is [C-]#[N+]c1c(F)c(F)c(C(C#N)C2C(C(C#N)c3c(F)c(F)c(C#N)c(F)c3F)C2C([N+]#[C-])c2c(F)c(F)c(C#N)c(F)c2F)c(F)c1F. The van der Waals surface area contributed by atoms with Crippen LogP contribution in [0.25, 0.3) is 9.69 Å². The molecule has 240 valence electrons. The molecule has 0 spiro atoms. The minimum Gasteiger partial charge on any atom is -0.308 e. The normalized spacial score (nSPS) is 18.2. The number of nitriles is 4. The Bertz CT molecular complexity index is 1860. The van der Waals surface area contributed by atoms with Crippen LogP contribution in [0.2, 0.25) is 0 Å². The third kappa shape index (κ3) is 4.78. The number of rotatable bonds is 6. The number of nitrogens with zero attached hydrogens (tertiary/aromatic N) is 6. The molecule has 48 heavy (non-hydrogen) atoms. The van der Waals surface area contributed by atoms with Crippen molar-refractivity contribution >= 4 is 5.69 Å². The summed E-state index contributed by atoms with van der Waals surface area (Å²) in [6.07, 6.45) is 0.